The summed E-state index contributed by atoms with van der Waals surface area (Å²) in [4.78, 5) is 13.4. The number of benzene rings is 1. The van der Waals surface area contributed by atoms with Crippen LogP contribution < -0.4 is 21.8 Å². The van der Waals surface area contributed by atoms with Gasteiger partial charge < -0.3 is 14.8 Å². The van der Waals surface area contributed by atoms with Crippen LogP contribution in [-0.4, -0.2) is 43.3 Å². The average Bonchev–Trinajstić information content (AvgIpc) is 2.67. The summed E-state index contributed by atoms with van der Waals surface area (Å²) in [6, 6.07) is -0.0391. The molecule has 1 aromatic carbocycles. The normalized spacial score (nSPS) is 19.2. The summed E-state index contributed by atoms with van der Waals surface area (Å²) in [6.45, 7) is 2.78. The summed E-state index contributed by atoms with van der Waals surface area (Å²) in [5.74, 6) is 4.48. The van der Waals surface area contributed by atoms with E-state index in [0.29, 0.717) is 6.08 Å². The molecule has 8 nitrogen and oxygen atoms in total. The molecule has 1 fully saturated rings. The van der Waals surface area contributed by atoms with Crippen molar-refractivity contribution in [3.05, 3.63) is 28.8 Å². The number of esters is 1. The van der Waals surface area contributed by atoms with E-state index in [1.807, 2.05) is 0 Å². The first-order valence-corrected chi connectivity index (χ1v) is 11.3. The average molecular weight is 534 g/mol. The van der Waals surface area contributed by atoms with Crippen LogP contribution in [0.2, 0.25) is 0 Å². The molecular weight excluding hydrogens is 510 g/mol. The summed E-state index contributed by atoms with van der Waals surface area (Å²) in [6.07, 6.45) is -6.64. The number of carbonyl (C=O) groups is 1. The van der Waals surface area contributed by atoms with Crippen LogP contribution in [0.5, 0.6) is 5.75 Å². The van der Waals surface area contributed by atoms with Gasteiger partial charge in [-0.15, -0.1) is 0 Å². The minimum absolute atomic E-state index is 0.0350. The second kappa shape index (κ2) is 10.2. The Hall–Kier alpha value is -2.18. The molecule has 17 heteroatoms. The number of nitrogens with two attached hydrogens (primary N) is 1. The smallest absolute Gasteiger partial charge is 0.430 e. The van der Waals surface area contributed by atoms with Crippen molar-refractivity contribution in [2.75, 3.05) is 19.9 Å². The Morgan fingerprint density at radius 3 is 2.15 bits per heavy atom. The highest BCUT2D eigenvalue weighted by molar-refractivity contribution is 8.45. The van der Waals surface area contributed by atoms with Gasteiger partial charge in [-0.25, -0.2) is 21.8 Å². The van der Waals surface area contributed by atoms with E-state index in [1.165, 1.54) is 26.4 Å². The van der Waals surface area contributed by atoms with Crippen molar-refractivity contribution >= 4 is 22.3 Å². The first-order chi connectivity index (χ1) is 15.5. The molecule has 1 atom stereocenters. The van der Waals surface area contributed by atoms with Gasteiger partial charge in [0.05, 0.1) is 5.57 Å². The maximum absolute atomic E-state index is 13.3. The van der Waals surface area contributed by atoms with Gasteiger partial charge in [0.1, 0.15) is 10.6 Å². The van der Waals surface area contributed by atoms with Gasteiger partial charge in [0.2, 0.25) is 12.9 Å². The van der Waals surface area contributed by atoms with Gasteiger partial charge >= 0.3 is 22.4 Å². The fourth-order valence-corrected chi connectivity index (χ4v) is 3.32. The Balaban J connectivity index is 0.000000850. The van der Waals surface area contributed by atoms with E-state index in [0.717, 1.165) is 0 Å². The van der Waals surface area contributed by atoms with Crippen LogP contribution in [0.25, 0.3) is 6.08 Å². The lowest BCUT2D eigenvalue weighted by Crippen LogP contribution is -2.42. The fourth-order valence-electron chi connectivity index (χ4n) is 2.60. The minimum Gasteiger partial charge on any atom is -0.475 e. The van der Waals surface area contributed by atoms with Crippen LogP contribution in [0.4, 0.5) is 32.6 Å². The van der Waals surface area contributed by atoms with Gasteiger partial charge in [0, 0.05) is 5.56 Å². The predicted octanol–water partition coefficient (Wildman–Crippen LogP) is 3.60. The molecule has 34 heavy (non-hydrogen) atoms. The lowest BCUT2D eigenvalue weighted by atomic mass is 9.98. The van der Waals surface area contributed by atoms with Crippen molar-refractivity contribution in [1.29, 1.82) is 0 Å². The van der Waals surface area contributed by atoms with Crippen LogP contribution in [0.3, 0.4) is 0 Å². The molecule has 198 valence electrons. The second-order valence-corrected chi connectivity index (χ2v) is 9.19. The second-order valence-electron chi connectivity index (χ2n) is 6.78. The van der Waals surface area contributed by atoms with Crippen LogP contribution >= 0.6 is 10.2 Å². The number of nitrogens with one attached hydrogen (secondary N) is 1. The van der Waals surface area contributed by atoms with Crippen LogP contribution in [0.1, 0.15) is 24.5 Å². The zero-order chi connectivity index (χ0) is 26.4. The topological polar surface area (TPSA) is 131 Å². The zero-order valence-electron chi connectivity index (χ0n) is 17.6. The number of aryl methyl sites for hydroxylation is 1. The van der Waals surface area contributed by atoms with Crippen molar-refractivity contribution in [2.24, 2.45) is 5.90 Å². The number of rotatable bonds is 5. The van der Waals surface area contributed by atoms with Crippen molar-refractivity contribution < 1.29 is 62.8 Å². The summed E-state index contributed by atoms with van der Waals surface area (Å²) in [7, 11) is -10.1. The molecule has 0 amide bonds. The Bertz CT molecular complexity index is 902. The Labute approximate surface area is 188 Å². The largest absolute Gasteiger partial charge is 0.475 e. The van der Waals surface area contributed by atoms with E-state index >= 15 is 0 Å². The van der Waals surface area contributed by atoms with Crippen molar-refractivity contribution in [3.8, 4) is 5.75 Å². The molecule has 0 radical (unpaired) electrons. The first kappa shape index (κ1) is 29.9. The summed E-state index contributed by atoms with van der Waals surface area (Å²) >= 11 is 0. The number of alkyl halides is 3. The molecule has 1 aromatic rings. The number of ether oxygens (including phenoxy) is 2. The van der Waals surface area contributed by atoms with Gasteiger partial charge in [0.15, 0.2) is 0 Å². The molecular formula is C17H24F8N3O5S+. The molecule has 2 aliphatic rings. The van der Waals surface area contributed by atoms with E-state index in [-0.39, 0.29) is 18.6 Å². The number of hydrogen-bond donors (Lipinski definition) is 4. The third-order valence-electron chi connectivity index (χ3n) is 4.32. The Kier molecular flexibility index (Phi) is 8.96. The molecule has 0 bridgehead atoms. The third kappa shape index (κ3) is 7.95. The molecule has 2 heterocycles. The van der Waals surface area contributed by atoms with E-state index in [1.54, 1.807) is 0 Å². The Morgan fingerprint density at radius 2 is 1.76 bits per heavy atom. The van der Waals surface area contributed by atoms with Gasteiger partial charge in [-0.1, -0.05) is 26.4 Å². The van der Waals surface area contributed by atoms with E-state index in [4.69, 9.17) is 9.94 Å². The number of quaternary nitrogens is 1. The maximum Gasteiger partial charge on any atom is 0.430 e. The minimum atomic E-state index is -10.1. The van der Waals surface area contributed by atoms with E-state index in [9.17, 15) is 37.4 Å². The first-order valence-electron chi connectivity index (χ1n) is 9.35. The number of fused-ring (bicyclic) bond motifs is 1. The fraction of sp³-hybridized carbons (Fsp3) is 0.471. The quantitative estimate of drug-likeness (QED) is 0.197. The van der Waals surface area contributed by atoms with Gasteiger partial charge in [-0.05, 0) is 49.7 Å². The lowest BCUT2D eigenvalue weighted by Gasteiger charge is -2.41. The number of hydrogen-bond acceptors (Lipinski definition) is 7. The van der Waals surface area contributed by atoms with E-state index in [2.05, 4.69) is 26.7 Å². The van der Waals surface area contributed by atoms with E-state index < -0.39 is 62.6 Å². The van der Waals surface area contributed by atoms with Gasteiger partial charge in [0.25, 0.3) is 0 Å². The van der Waals surface area contributed by atoms with Gasteiger partial charge in [-0.2, -0.15) is 13.2 Å². The molecule has 1 unspecified atom stereocenters. The van der Waals surface area contributed by atoms with Crippen LogP contribution in [0, 0.1) is 0 Å². The number of carbonyl (C=O) groups excluding carboxylic acids is 1. The highest BCUT2D eigenvalue weighted by Gasteiger charge is 2.65. The molecule has 3 rings (SSSR count). The molecule has 0 aliphatic carbocycles. The van der Waals surface area contributed by atoms with Gasteiger partial charge in [-0.3, -0.25) is 4.84 Å². The Morgan fingerprint density at radius 1 is 1.24 bits per heavy atom. The van der Waals surface area contributed by atoms with Crippen molar-refractivity contribution in [1.82, 2.24) is 5.32 Å². The third-order valence-corrected chi connectivity index (χ3v) is 5.45. The summed E-state index contributed by atoms with van der Waals surface area (Å²) < 4.78 is 115. The van der Waals surface area contributed by atoms with Crippen LogP contribution in [0.15, 0.2) is 22.6 Å². The van der Waals surface area contributed by atoms with Crippen molar-refractivity contribution in [2.45, 2.75) is 36.9 Å². The van der Waals surface area contributed by atoms with Crippen molar-refractivity contribution in [3.63, 3.8) is 0 Å². The molecule has 0 aromatic heterocycles. The highest BCUT2D eigenvalue weighted by atomic mass is 32.5. The maximum atomic E-state index is 13.3. The zero-order valence-corrected chi connectivity index (χ0v) is 18.5. The molecule has 1 saturated heterocycles. The standard InChI is InChI=1S/C14H13F8NO4S.C3H7N.H4NO/c1-2-7-3-9(28(18,19,20,21)22)4-8-5-10(13(24)25-6-26-23)12(14(15,16)17)27-11(7)8;1-2-4-3-1;1-2/h3-5,12H,2,6,23H2,1H3;4H,1-3H2;2H,1H3/q;;+1. The summed E-state index contributed by atoms with van der Waals surface area (Å²) in [5, 5.41) is 9.86. The molecule has 2 aliphatic heterocycles. The highest BCUT2D eigenvalue weighted by Crippen LogP contribution is 3.02. The number of halogens is 8. The predicted molar refractivity (Wildman–Crippen MR) is 104 cm³/mol. The monoisotopic (exact) mass is 534 g/mol. The molecule has 7 N–H and O–H groups in total. The molecule has 0 spiro atoms. The van der Waals surface area contributed by atoms with Crippen LogP contribution in [-0.2, 0) is 20.8 Å². The lowest BCUT2D eigenvalue weighted by molar-refractivity contribution is -0.670. The summed E-state index contributed by atoms with van der Waals surface area (Å²) in [5.41, 5.74) is -2.56. The SMILES string of the molecule is C1CNC1.CCc1cc(S(F)(F)(F)(F)F)cc2c1OC(C(F)(F)F)C(C(=O)OCON)=C2.[NH3+]O. The molecule has 0 saturated carbocycles.